The molecule has 1 aromatic carbocycles. The monoisotopic (exact) mass is 236 g/mol. The number of hydrogen-bond donors (Lipinski definition) is 1. The van der Waals surface area contributed by atoms with E-state index in [-0.39, 0.29) is 0 Å². The number of nitrogens with one attached hydrogen (secondary N) is 1. The van der Waals surface area contributed by atoms with Gasteiger partial charge in [0.1, 0.15) is 13.2 Å². The molecule has 0 saturated carbocycles. The lowest BCUT2D eigenvalue weighted by Gasteiger charge is -2.21. The highest BCUT2D eigenvalue weighted by atomic mass is 16.6. The van der Waals surface area contributed by atoms with Gasteiger partial charge in [-0.15, -0.1) is 0 Å². The van der Waals surface area contributed by atoms with Crippen molar-refractivity contribution in [3.05, 3.63) is 23.8 Å². The van der Waals surface area contributed by atoms with Crippen molar-refractivity contribution in [3.63, 3.8) is 0 Å². The molecule has 94 valence electrons. The van der Waals surface area contributed by atoms with Crippen molar-refractivity contribution < 1.29 is 9.47 Å². The van der Waals surface area contributed by atoms with Crippen LogP contribution in [0.5, 0.6) is 11.5 Å². The molecule has 4 nitrogen and oxygen atoms in total. The van der Waals surface area contributed by atoms with E-state index < -0.39 is 0 Å². The standard InChI is InChI=1S/C13H20N2O2/c1-14-5-6-15(2)10-11-3-4-12-13(9-11)17-8-7-16-12/h3-4,9,14H,5-8,10H2,1-2H3. The molecule has 4 heteroatoms. The maximum atomic E-state index is 5.57. The molecule has 0 amide bonds. The third-order valence-electron chi connectivity index (χ3n) is 2.80. The van der Waals surface area contributed by atoms with E-state index in [1.807, 2.05) is 13.1 Å². The number of ether oxygens (including phenoxy) is 2. The van der Waals surface area contributed by atoms with Gasteiger partial charge in [0.2, 0.25) is 0 Å². The fraction of sp³-hybridized carbons (Fsp3) is 0.538. The Morgan fingerprint density at radius 3 is 2.76 bits per heavy atom. The molecule has 0 bridgehead atoms. The van der Waals surface area contributed by atoms with Crippen LogP contribution in [0.2, 0.25) is 0 Å². The van der Waals surface area contributed by atoms with Gasteiger partial charge in [0.25, 0.3) is 0 Å². The topological polar surface area (TPSA) is 33.7 Å². The van der Waals surface area contributed by atoms with E-state index in [2.05, 4.69) is 29.4 Å². The third kappa shape index (κ3) is 3.35. The molecule has 0 fully saturated rings. The summed E-state index contributed by atoms with van der Waals surface area (Å²) in [4.78, 5) is 2.28. The second kappa shape index (κ2) is 5.89. The lowest BCUT2D eigenvalue weighted by atomic mass is 10.2. The van der Waals surface area contributed by atoms with Crippen molar-refractivity contribution in [2.24, 2.45) is 0 Å². The second-order valence-corrected chi connectivity index (χ2v) is 4.32. The molecule has 1 N–H and O–H groups in total. The molecule has 0 atom stereocenters. The largest absolute Gasteiger partial charge is 0.486 e. The molecule has 17 heavy (non-hydrogen) atoms. The maximum absolute atomic E-state index is 5.57. The highest BCUT2D eigenvalue weighted by Crippen LogP contribution is 2.30. The van der Waals surface area contributed by atoms with Gasteiger partial charge in [-0.3, -0.25) is 0 Å². The summed E-state index contributed by atoms with van der Waals surface area (Å²) >= 11 is 0. The summed E-state index contributed by atoms with van der Waals surface area (Å²) < 4.78 is 11.1. The number of nitrogens with zero attached hydrogens (tertiary/aromatic N) is 1. The van der Waals surface area contributed by atoms with Crippen molar-refractivity contribution in [3.8, 4) is 11.5 Å². The Morgan fingerprint density at radius 2 is 2.00 bits per heavy atom. The molecule has 0 aromatic heterocycles. The van der Waals surface area contributed by atoms with Gasteiger partial charge in [0.15, 0.2) is 11.5 Å². The minimum Gasteiger partial charge on any atom is -0.486 e. The van der Waals surface area contributed by atoms with E-state index >= 15 is 0 Å². The molecule has 1 aliphatic heterocycles. The molecule has 0 spiro atoms. The van der Waals surface area contributed by atoms with Crippen LogP contribution in [0, 0.1) is 0 Å². The molecule has 0 radical (unpaired) electrons. The summed E-state index contributed by atoms with van der Waals surface area (Å²) in [7, 11) is 4.09. The molecule has 1 heterocycles. The van der Waals surface area contributed by atoms with Crippen LogP contribution in [0.1, 0.15) is 5.56 Å². The van der Waals surface area contributed by atoms with E-state index in [0.717, 1.165) is 31.1 Å². The summed E-state index contributed by atoms with van der Waals surface area (Å²) in [6.45, 7) is 4.25. The highest BCUT2D eigenvalue weighted by molar-refractivity contribution is 5.43. The molecular weight excluding hydrogens is 216 g/mol. The Kier molecular flexibility index (Phi) is 4.23. The van der Waals surface area contributed by atoms with Crippen molar-refractivity contribution in [2.45, 2.75) is 6.54 Å². The summed E-state index contributed by atoms with van der Waals surface area (Å²) in [5.41, 5.74) is 1.26. The summed E-state index contributed by atoms with van der Waals surface area (Å²) in [6, 6.07) is 6.17. The molecule has 0 aliphatic carbocycles. The van der Waals surface area contributed by atoms with Crippen molar-refractivity contribution in [2.75, 3.05) is 40.4 Å². The molecule has 1 aliphatic rings. The van der Waals surface area contributed by atoms with Crippen LogP contribution in [-0.4, -0.2) is 45.3 Å². The zero-order chi connectivity index (χ0) is 12.1. The van der Waals surface area contributed by atoms with E-state index in [0.29, 0.717) is 13.2 Å². The fourth-order valence-corrected chi connectivity index (χ4v) is 1.88. The summed E-state index contributed by atoms with van der Waals surface area (Å²) in [5, 5.41) is 3.15. The molecule has 1 aromatic rings. The number of benzene rings is 1. The zero-order valence-electron chi connectivity index (χ0n) is 10.5. The van der Waals surface area contributed by atoms with Crippen LogP contribution in [0.25, 0.3) is 0 Å². The maximum Gasteiger partial charge on any atom is 0.161 e. The first-order valence-electron chi connectivity index (χ1n) is 6.01. The van der Waals surface area contributed by atoms with E-state index in [9.17, 15) is 0 Å². The van der Waals surface area contributed by atoms with Gasteiger partial charge < -0.3 is 19.7 Å². The average molecular weight is 236 g/mol. The van der Waals surface area contributed by atoms with Gasteiger partial charge in [-0.2, -0.15) is 0 Å². The molecule has 2 rings (SSSR count). The third-order valence-corrected chi connectivity index (χ3v) is 2.80. The van der Waals surface area contributed by atoms with Crippen molar-refractivity contribution >= 4 is 0 Å². The zero-order valence-corrected chi connectivity index (χ0v) is 10.5. The van der Waals surface area contributed by atoms with Crippen LogP contribution < -0.4 is 14.8 Å². The summed E-state index contributed by atoms with van der Waals surface area (Å²) in [5.74, 6) is 1.73. The van der Waals surface area contributed by atoms with Crippen LogP contribution >= 0.6 is 0 Å². The molecular formula is C13H20N2O2. The Morgan fingerprint density at radius 1 is 1.24 bits per heavy atom. The van der Waals surface area contributed by atoms with Gasteiger partial charge in [0.05, 0.1) is 0 Å². The van der Waals surface area contributed by atoms with Gasteiger partial charge in [-0.1, -0.05) is 6.07 Å². The lowest BCUT2D eigenvalue weighted by Crippen LogP contribution is -2.27. The average Bonchev–Trinajstić information content (AvgIpc) is 2.36. The minimum absolute atomic E-state index is 0.645. The van der Waals surface area contributed by atoms with Crippen LogP contribution in [0.15, 0.2) is 18.2 Å². The van der Waals surface area contributed by atoms with Gasteiger partial charge in [0, 0.05) is 19.6 Å². The van der Waals surface area contributed by atoms with Crippen LogP contribution in [0.4, 0.5) is 0 Å². The van der Waals surface area contributed by atoms with Crippen molar-refractivity contribution in [1.29, 1.82) is 0 Å². The molecule has 0 unspecified atom stereocenters. The Labute approximate surface area is 103 Å². The first-order chi connectivity index (χ1) is 8.29. The normalized spacial score (nSPS) is 14.1. The number of fused-ring (bicyclic) bond motifs is 1. The first-order valence-corrected chi connectivity index (χ1v) is 6.01. The quantitative estimate of drug-likeness (QED) is 0.830. The predicted molar refractivity (Wildman–Crippen MR) is 67.7 cm³/mol. The second-order valence-electron chi connectivity index (χ2n) is 4.32. The minimum atomic E-state index is 0.645. The Hall–Kier alpha value is -1.26. The van der Waals surface area contributed by atoms with E-state index in [1.54, 1.807) is 0 Å². The fourth-order valence-electron chi connectivity index (χ4n) is 1.88. The van der Waals surface area contributed by atoms with E-state index in [4.69, 9.17) is 9.47 Å². The van der Waals surface area contributed by atoms with Gasteiger partial charge in [-0.05, 0) is 31.8 Å². The number of likely N-dealkylation sites (N-methyl/N-ethyl adjacent to an activating group) is 2. The lowest BCUT2D eigenvalue weighted by molar-refractivity contribution is 0.171. The van der Waals surface area contributed by atoms with Gasteiger partial charge >= 0.3 is 0 Å². The number of hydrogen-bond acceptors (Lipinski definition) is 4. The SMILES string of the molecule is CNCCN(C)Cc1ccc2c(c1)OCCO2. The Balaban J connectivity index is 1.97. The molecule has 0 saturated heterocycles. The van der Waals surface area contributed by atoms with Crippen LogP contribution in [-0.2, 0) is 6.54 Å². The predicted octanol–water partition coefficient (Wildman–Crippen LogP) is 1.11. The van der Waals surface area contributed by atoms with Crippen LogP contribution in [0.3, 0.4) is 0 Å². The first kappa shape index (κ1) is 12.2. The Bertz CT molecular complexity index is 368. The van der Waals surface area contributed by atoms with E-state index in [1.165, 1.54) is 5.56 Å². The van der Waals surface area contributed by atoms with Gasteiger partial charge in [-0.25, -0.2) is 0 Å². The highest BCUT2D eigenvalue weighted by Gasteiger charge is 2.12. The number of rotatable bonds is 5. The summed E-state index contributed by atoms with van der Waals surface area (Å²) in [6.07, 6.45) is 0. The smallest absolute Gasteiger partial charge is 0.161 e. The van der Waals surface area contributed by atoms with Crippen molar-refractivity contribution in [1.82, 2.24) is 10.2 Å².